The molecule has 7 nitrogen and oxygen atoms in total. The first kappa shape index (κ1) is 15.9. The summed E-state index contributed by atoms with van der Waals surface area (Å²) < 4.78 is 32.6. The largest absolute Gasteiger partial charge is 0.506 e. The molecule has 0 fully saturated rings. The highest BCUT2D eigenvalue weighted by atomic mass is 32.2. The Hall–Kier alpha value is -2.97. The average Bonchev–Trinajstić information content (AvgIpc) is 2.54. The monoisotopic (exact) mass is 343 g/mol. The maximum absolute atomic E-state index is 11.6. The molecule has 0 spiro atoms. The Labute approximate surface area is 137 Å². The standard InChI is InChI=1S/C16H13N3O4S/c17-13-14(19-18-10-6-2-1-3-7-10)11-8-4-5-9-12(11)15(20)16(13)24(21,22)23/h1-9,20H,17H2,(H,21,22,23). The first-order valence-electron chi connectivity index (χ1n) is 6.87. The van der Waals surface area contributed by atoms with Crippen LogP contribution in [0.15, 0.2) is 69.7 Å². The molecule has 3 rings (SSSR count). The Morgan fingerprint density at radius 2 is 1.46 bits per heavy atom. The molecule has 0 aliphatic rings. The van der Waals surface area contributed by atoms with Crippen molar-refractivity contribution in [2.24, 2.45) is 10.2 Å². The van der Waals surface area contributed by atoms with Gasteiger partial charge in [0.25, 0.3) is 10.1 Å². The molecule has 3 aromatic carbocycles. The number of hydrogen-bond acceptors (Lipinski definition) is 6. The molecule has 0 saturated heterocycles. The van der Waals surface area contributed by atoms with Gasteiger partial charge in [-0.25, -0.2) is 0 Å². The lowest BCUT2D eigenvalue weighted by Gasteiger charge is -2.12. The molecule has 0 atom stereocenters. The molecule has 122 valence electrons. The molecule has 0 heterocycles. The van der Waals surface area contributed by atoms with Gasteiger partial charge in [-0.2, -0.15) is 13.5 Å². The summed E-state index contributed by atoms with van der Waals surface area (Å²) in [6.45, 7) is 0. The van der Waals surface area contributed by atoms with Crippen LogP contribution in [0.4, 0.5) is 17.1 Å². The third-order valence-corrected chi connectivity index (χ3v) is 4.36. The number of hydrogen-bond donors (Lipinski definition) is 3. The van der Waals surface area contributed by atoms with Crippen molar-refractivity contribution in [3.8, 4) is 5.75 Å². The van der Waals surface area contributed by atoms with Crippen LogP contribution >= 0.6 is 0 Å². The number of nitrogens with two attached hydrogens (primary N) is 1. The van der Waals surface area contributed by atoms with Crippen LogP contribution in [0.2, 0.25) is 0 Å². The van der Waals surface area contributed by atoms with Crippen molar-refractivity contribution in [1.29, 1.82) is 0 Å². The minimum Gasteiger partial charge on any atom is -0.506 e. The number of phenolic OH excluding ortho intramolecular Hbond substituents is 1. The molecule has 0 radical (unpaired) electrons. The summed E-state index contributed by atoms with van der Waals surface area (Å²) in [5.74, 6) is -0.621. The summed E-state index contributed by atoms with van der Waals surface area (Å²) in [5.41, 5.74) is 6.08. The van der Waals surface area contributed by atoms with Gasteiger partial charge >= 0.3 is 0 Å². The predicted molar refractivity (Wildman–Crippen MR) is 90.5 cm³/mol. The highest BCUT2D eigenvalue weighted by molar-refractivity contribution is 7.86. The number of phenols is 1. The Bertz CT molecular complexity index is 1050. The SMILES string of the molecule is Nc1c(S(=O)(=O)O)c(O)c2ccccc2c1N=Nc1ccccc1. The fourth-order valence-corrected chi connectivity index (χ4v) is 3.10. The Balaban J connectivity index is 2.33. The van der Waals surface area contributed by atoms with E-state index in [4.69, 9.17) is 5.73 Å². The zero-order chi connectivity index (χ0) is 17.3. The number of nitrogens with zero attached hydrogens (tertiary/aromatic N) is 2. The van der Waals surface area contributed by atoms with Crippen molar-refractivity contribution in [2.75, 3.05) is 5.73 Å². The highest BCUT2D eigenvalue weighted by Gasteiger charge is 2.25. The van der Waals surface area contributed by atoms with Gasteiger partial charge in [0, 0.05) is 10.8 Å². The second-order valence-electron chi connectivity index (χ2n) is 5.00. The van der Waals surface area contributed by atoms with E-state index in [-0.39, 0.29) is 16.8 Å². The molecule has 0 aliphatic carbocycles. The molecule has 0 bridgehead atoms. The highest BCUT2D eigenvalue weighted by Crippen LogP contribution is 2.44. The van der Waals surface area contributed by atoms with Gasteiger partial charge in [0.05, 0.1) is 11.4 Å². The van der Waals surface area contributed by atoms with Gasteiger partial charge in [-0.1, -0.05) is 42.5 Å². The number of anilines is 1. The topological polar surface area (TPSA) is 125 Å². The third-order valence-electron chi connectivity index (χ3n) is 3.43. The van der Waals surface area contributed by atoms with E-state index in [0.717, 1.165) is 0 Å². The first-order valence-corrected chi connectivity index (χ1v) is 8.31. The summed E-state index contributed by atoms with van der Waals surface area (Å²) in [6, 6.07) is 15.2. The van der Waals surface area contributed by atoms with Gasteiger partial charge in [-0.3, -0.25) is 4.55 Å². The summed E-state index contributed by atoms with van der Waals surface area (Å²) in [6.07, 6.45) is 0. The van der Waals surface area contributed by atoms with Crippen LogP contribution in [0, 0.1) is 0 Å². The van der Waals surface area contributed by atoms with E-state index in [1.807, 2.05) is 6.07 Å². The van der Waals surface area contributed by atoms with Gasteiger partial charge in [0.15, 0.2) is 4.90 Å². The summed E-state index contributed by atoms with van der Waals surface area (Å²) >= 11 is 0. The van der Waals surface area contributed by atoms with Gasteiger partial charge in [0.1, 0.15) is 11.4 Å². The van der Waals surface area contributed by atoms with E-state index in [1.54, 1.807) is 42.5 Å². The van der Waals surface area contributed by atoms with Crippen molar-refractivity contribution in [1.82, 2.24) is 0 Å². The van der Waals surface area contributed by atoms with Crippen LogP contribution in [-0.2, 0) is 10.1 Å². The van der Waals surface area contributed by atoms with Crippen LogP contribution in [0.5, 0.6) is 5.75 Å². The Morgan fingerprint density at radius 3 is 2.08 bits per heavy atom. The third kappa shape index (κ3) is 2.80. The molecule has 0 aromatic heterocycles. The van der Waals surface area contributed by atoms with E-state index in [2.05, 4.69) is 10.2 Å². The van der Waals surface area contributed by atoms with Crippen molar-refractivity contribution >= 4 is 38.0 Å². The second kappa shape index (κ2) is 5.91. The van der Waals surface area contributed by atoms with Crippen LogP contribution in [0.1, 0.15) is 0 Å². The molecule has 24 heavy (non-hydrogen) atoms. The number of benzene rings is 3. The molecular formula is C16H13N3O4S. The summed E-state index contributed by atoms with van der Waals surface area (Å²) in [7, 11) is -4.74. The van der Waals surface area contributed by atoms with Gasteiger partial charge in [-0.05, 0) is 12.1 Å². The number of nitrogen functional groups attached to an aromatic ring is 1. The Kier molecular flexibility index (Phi) is 3.92. The molecule has 0 saturated carbocycles. The molecule has 0 amide bonds. The fourth-order valence-electron chi connectivity index (χ4n) is 2.37. The zero-order valence-electron chi connectivity index (χ0n) is 12.3. The Morgan fingerprint density at radius 1 is 0.875 bits per heavy atom. The van der Waals surface area contributed by atoms with E-state index in [1.165, 1.54) is 6.07 Å². The fraction of sp³-hybridized carbons (Fsp3) is 0. The van der Waals surface area contributed by atoms with E-state index in [9.17, 15) is 18.1 Å². The van der Waals surface area contributed by atoms with Crippen molar-refractivity contribution in [3.05, 3.63) is 54.6 Å². The maximum atomic E-state index is 11.6. The molecule has 0 unspecified atom stereocenters. The van der Waals surface area contributed by atoms with E-state index >= 15 is 0 Å². The number of fused-ring (bicyclic) bond motifs is 1. The molecule has 4 N–H and O–H groups in total. The number of rotatable bonds is 3. The van der Waals surface area contributed by atoms with E-state index < -0.39 is 20.8 Å². The quantitative estimate of drug-likeness (QED) is 0.379. The first-order chi connectivity index (χ1) is 11.4. The van der Waals surface area contributed by atoms with Crippen molar-refractivity contribution < 1.29 is 18.1 Å². The van der Waals surface area contributed by atoms with E-state index in [0.29, 0.717) is 11.1 Å². The van der Waals surface area contributed by atoms with Crippen molar-refractivity contribution in [2.45, 2.75) is 4.90 Å². The lowest BCUT2D eigenvalue weighted by atomic mass is 10.1. The number of azo groups is 1. The lowest BCUT2D eigenvalue weighted by molar-refractivity contribution is 0.449. The van der Waals surface area contributed by atoms with Crippen LogP contribution in [0.25, 0.3) is 10.8 Å². The lowest BCUT2D eigenvalue weighted by Crippen LogP contribution is -2.04. The van der Waals surface area contributed by atoms with Crippen LogP contribution < -0.4 is 5.73 Å². The number of aromatic hydroxyl groups is 1. The summed E-state index contributed by atoms with van der Waals surface area (Å²) in [5, 5.41) is 18.9. The minimum atomic E-state index is -4.74. The molecule has 0 aliphatic heterocycles. The van der Waals surface area contributed by atoms with Gasteiger partial charge in [-0.15, -0.1) is 5.11 Å². The molecular weight excluding hydrogens is 330 g/mol. The van der Waals surface area contributed by atoms with Crippen LogP contribution in [-0.4, -0.2) is 18.1 Å². The predicted octanol–water partition coefficient (Wildman–Crippen LogP) is 3.79. The van der Waals surface area contributed by atoms with Gasteiger partial charge < -0.3 is 10.8 Å². The second-order valence-corrected chi connectivity index (χ2v) is 6.35. The van der Waals surface area contributed by atoms with Crippen molar-refractivity contribution in [3.63, 3.8) is 0 Å². The smallest absolute Gasteiger partial charge is 0.300 e. The van der Waals surface area contributed by atoms with Crippen LogP contribution in [0.3, 0.4) is 0 Å². The normalized spacial score (nSPS) is 12.0. The molecule has 8 heteroatoms. The maximum Gasteiger partial charge on any atom is 0.300 e. The minimum absolute atomic E-state index is 0.0554. The molecule has 3 aromatic rings. The zero-order valence-corrected chi connectivity index (χ0v) is 13.1. The summed E-state index contributed by atoms with van der Waals surface area (Å²) in [4.78, 5) is -0.775. The average molecular weight is 343 g/mol. The van der Waals surface area contributed by atoms with Gasteiger partial charge in [0.2, 0.25) is 0 Å².